The maximum Gasteiger partial charge on any atom is 0.319 e. The number of rotatable bonds is 5. The largest absolute Gasteiger partial charge is 0.462 e. The van der Waals surface area contributed by atoms with Crippen LogP contribution in [0.15, 0.2) is 36.9 Å². The molecule has 1 aromatic carbocycles. The molecule has 6 rings (SSSR count). The number of aromatic nitrogens is 2. The van der Waals surface area contributed by atoms with Crippen molar-refractivity contribution in [2.75, 3.05) is 56.6 Å². The van der Waals surface area contributed by atoms with Crippen molar-refractivity contribution in [3.63, 3.8) is 0 Å². The van der Waals surface area contributed by atoms with Crippen molar-refractivity contribution in [1.29, 1.82) is 0 Å². The third kappa shape index (κ3) is 4.46. The summed E-state index contributed by atoms with van der Waals surface area (Å²) in [6, 6.07) is 8.06. The second-order valence-corrected chi connectivity index (χ2v) is 11.0. The van der Waals surface area contributed by atoms with Gasteiger partial charge < -0.3 is 24.8 Å². The number of amides is 2. The first kappa shape index (κ1) is 25.5. The highest BCUT2D eigenvalue weighted by Gasteiger charge is 2.52. The molecule has 0 radical (unpaired) electrons. The smallest absolute Gasteiger partial charge is 0.319 e. The second kappa shape index (κ2) is 10.1. The standard InChI is InChI=1S/C29H34N6O4/c1-3-23(36)34-13-15-35(16-14-34)26-21-10-11-29(17-19-7-4-5-9-22(19)30-27(29)38)25(37)24(21)31-28(32-26)39-18-20-8-6-12-33(20)2/h3-5,7,9,20H,1,6,8,10-18H2,2H3,(H,30,38)/t20-,29?/m0/s1. The van der Waals surface area contributed by atoms with E-state index in [1.165, 1.54) is 6.08 Å². The summed E-state index contributed by atoms with van der Waals surface area (Å²) in [5.74, 6) is 0.0244. The average Bonchev–Trinajstić information content (AvgIpc) is 3.38. The molecule has 2 saturated heterocycles. The number of carbonyl (C=O) groups excluding carboxylic acids is 3. The normalized spacial score (nSPS) is 24.8. The molecule has 1 N–H and O–H groups in total. The van der Waals surface area contributed by atoms with E-state index in [4.69, 9.17) is 9.72 Å². The van der Waals surface area contributed by atoms with Crippen molar-refractivity contribution in [3.8, 4) is 6.01 Å². The Morgan fingerprint density at radius 2 is 1.97 bits per heavy atom. The summed E-state index contributed by atoms with van der Waals surface area (Å²) in [7, 11) is 2.08. The van der Waals surface area contributed by atoms with E-state index in [9.17, 15) is 14.4 Å². The number of likely N-dealkylation sites (N-methyl/N-ethyl adjacent to an activating group) is 1. The highest BCUT2D eigenvalue weighted by Crippen LogP contribution is 2.45. The Labute approximate surface area is 228 Å². The topological polar surface area (TPSA) is 108 Å². The molecule has 10 nitrogen and oxygen atoms in total. The zero-order valence-corrected chi connectivity index (χ0v) is 22.3. The van der Waals surface area contributed by atoms with Gasteiger partial charge in [-0.25, -0.2) is 0 Å². The minimum atomic E-state index is -1.20. The number of carbonyl (C=O) groups is 3. The Hall–Kier alpha value is -3.79. The van der Waals surface area contributed by atoms with Crippen LogP contribution in [0.4, 0.5) is 11.5 Å². The number of fused-ring (bicyclic) bond motifs is 2. The van der Waals surface area contributed by atoms with Crippen LogP contribution in [-0.4, -0.2) is 89.8 Å². The van der Waals surface area contributed by atoms with Crippen LogP contribution >= 0.6 is 0 Å². The van der Waals surface area contributed by atoms with E-state index in [-0.39, 0.29) is 35.3 Å². The third-order valence-electron chi connectivity index (χ3n) is 8.75. The monoisotopic (exact) mass is 530 g/mol. The van der Waals surface area contributed by atoms with E-state index in [1.807, 2.05) is 24.3 Å². The third-order valence-corrected chi connectivity index (χ3v) is 8.75. The number of likely N-dealkylation sites (tertiary alicyclic amines) is 1. The maximum atomic E-state index is 14.2. The van der Waals surface area contributed by atoms with Crippen molar-refractivity contribution in [2.45, 2.75) is 38.1 Å². The van der Waals surface area contributed by atoms with Gasteiger partial charge in [-0.15, -0.1) is 0 Å². The quantitative estimate of drug-likeness (QED) is 0.463. The number of hydrogen-bond donors (Lipinski definition) is 1. The SMILES string of the molecule is C=CC(=O)N1CCN(c2nc(OC[C@@H]3CCCN3C)nc3c2CCC2(Cc4ccccc4NC2=O)C3=O)CC1. The molecule has 4 heterocycles. The van der Waals surface area contributed by atoms with Crippen LogP contribution < -0.4 is 15.0 Å². The van der Waals surface area contributed by atoms with Gasteiger partial charge in [0.25, 0.3) is 0 Å². The number of ether oxygens (including phenoxy) is 1. The summed E-state index contributed by atoms with van der Waals surface area (Å²) < 4.78 is 6.12. The predicted octanol–water partition coefficient (Wildman–Crippen LogP) is 2.09. The Kier molecular flexibility index (Phi) is 6.58. The molecular formula is C29H34N6O4. The molecule has 10 heteroatoms. The zero-order chi connectivity index (χ0) is 27.1. The Balaban J connectivity index is 1.34. The molecule has 2 atom stereocenters. The summed E-state index contributed by atoms with van der Waals surface area (Å²) in [6.07, 6.45) is 4.72. The number of ketones is 1. The summed E-state index contributed by atoms with van der Waals surface area (Å²) in [5, 5.41) is 2.97. The Morgan fingerprint density at radius 3 is 2.72 bits per heavy atom. The van der Waals surface area contributed by atoms with Crippen LogP contribution in [-0.2, 0) is 22.4 Å². The molecule has 2 amide bonds. The van der Waals surface area contributed by atoms with Gasteiger partial charge >= 0.3 is 6.01 Å². The molecule has 2 fully saturated rings. The molecule has 3 aliphatic heterocycles. The van der Waals surface area contributed by atoms with Crippen molar-refractivity contribution < 1.29 is 19.1 Å². The average molecular weight is 531 g/mol. The lowest BCUT2D eigenvalue weighted by atomic mass is 9.66. The summed E-state index contributed by atoms with van der Waals surface area (Å²) in [4.78, 5) is 55.3. The van der Waals surface area contributed by atoms with Gasteiger partial charge in [0.1, 0.15) is 23.5 Å². The van der Waals surface area contributed by atoms with Crippen LogP contribution in [0.25, 0.3) is 0 Å². The molecule has 1 spiro atoms. The number of benzene rings is 1. The van der Waals surface area contributed by atoms with Gasteiger partial charge in [-0.3, -0.25) is 14.4 Å². The van der Waals surface area contributed by atoms with Crippen molar-refractivity contribution in [1.82, 2.24) is 19.8 Å². The minimum Gasteiger partial charge on any atom is -0.462 e. The molecule has 1 aliphatic carbocycles. The van der Waals surface area contributed by atoms with Gasteiger partial charge in [0.15, 0.2) is 5.78 Å². The number of hydrogen-bond acceptors (Lipinski definition) is 8. The van der Waals surface area contributed by atoms with Crippen LogP contribution in [0.5, 0.6) is 6.01 Å². The van der Waals surface area contributed by atoms with Gasteiger partial charge in [0, 0.05) is 43.5 Å². The van der Waals surface area contributed by atoms with E-state index >= 15 is 0 Å². The first-order valence-electron chi connectivity index (χ1n) is 13.7. The second-order valence-electron chi connectivity index (χ2n) is 11.0. The number of Topliss-reactive ketones (excluding diaryl/α,β-unsaturated/α-hetero) is 1. The van der Waals surface area contributed by atoms with Crippen LogP contribution in [0.2, 0.25) is 0 Å². The Bertz CT molecular complexity index is 1340. The lowest BCUT2D eigenvalue weighted by Crippen LogP contribution is -2.51. The van der Waals surface area contributed by atoms with E-state index < -0.39 is 5.41 Å². The Morgan fingerprint density at radius 1 is 1.18 bits per heavy atom. The van der Waals surface area contributed by atoms with Gasteiger partial charge in [-0.05, 0) is 63.4 Å². The fraction of sp³-hybridized carbons (Fsp3) is 0.483. The summed E-state index contributed by atoms with van der Waals surface area (Å²) in [6.45, 7) is 7.26. The minimum absolute atomic E-state index is 0.0928. The summed E-state index contributed by atoms with van der Waals surface area (Å²) >= 11 is 0. The van der Waals surface area contributed by atoms with Crippen LogP contribution in [0.3, 0.4) is 0 Å². The van der Waals surface area contributed by atoms with E-state index in [0.29, 0.717) is 57.9 Å². The van der Waals surface area contributed by atoms with Gasteiger partial charge in [-0.1, -0.05) is 24.8 Å². The molecule has 1 aromatic heterocycles. The van der Waals surface area contributed by atoms with E-state index in [2.05, 4.69) is 33.7 Å². The number of nitrogens with zero attached hydrogens (tertiary/aromatic N) is 5. The van der Waals surface area contributed by atoms with Crippen LogP contribution in [0, 0.1) is 5.41 Å². The molecular weight excluding hydrogens is 496 g/mol. The highest BCUT2D eigenvalue weighted by molar-refractivity contribution is 6.19. The first-order chi connectivity index (χ1) is 18.9. The number of para-hydroxylation sites is 1. The van der Waals surface area contributed by atoms with Crippen molar-refractivity contribution >= 4 is 29.1 Å². The molecule has 39 heavy (non-hydrogen) atoms. The fourth-order valence-electron chi connectivity index (χ4n) is 6.33. The van der Waals surface area contributed by atoms with Gasteiger partial charge in [0.2, 0.25) is 11.8 Å². The predicted molar refractivity (Wildman–Crippen MR) is 146 cm³/mol. The molecule has 2 aromatic rings. The molecule has 4 aliphatic rings. The van der Waals surface area contributed by atoms with Gasteiger partial charge in [-0.2, -0.15) is 9.97 Å². The lowest BCUT2D eigenvalue weighted by Gasteiger charge is -2.40. The van der Waals surface area contributed by atoms with Crippen LogP contribution in [0.1, 0.15) is 40.9 Å². The molecule has 204 valence electrons. The number of piperazine rings is 1. The lowest BCUT2D eigenvalue weighted by molar-refractivity contribution is -0.126. The highest BCUT2D eigenvalue weighted by atomic mass is 16.5. The van der Waals surface area contributed by atoms with Gasteiger partial charge in [0.05, 0.1) is 0 Å². The maximum absolute atomic E-state index is 14.2. The molecule has 1 unspecified atom stereocenters. The van der Waals surface area contributed by atoms with E-state index in [1.54, 1.807) is 4.90 Å². The fourth-order valence-corrected chi connectivity index (χ4v) is 6.33. The molecule has 0 saturated carbocycles. The van der Waals surface area contributed by atoms with E-state index in [0.717, 1.165) is 36.2 Å². The first-order valence-corrected chi connectivity index (χ1v) is 13.7. The van der Waals surface area contributed by atoms with Crippen molar-refractivity contribution in [3.05, 3.63) is 53.7 Å². The zero-order valence-electron chi connectivity index (χ0n) is 22.3. The summed E-state index contributed by atoms with van der Waals surface area (Å²) in [5.41, 5.74) is 1.54. The number of anilines is 2. The number of nitrogens with one attached hydrogen (secondary N) is 1. The molecule has 0 bridgehead atoms. The van der Waals surface area contributed by atoms with Crippen molar-refractivity contribution in [2.24, 2.45) is 5.41 Å².